The van der Waals surface area contributed by atoms with Crippen LogP contribution in [0.4, 0.5) is 0 Å². The van der Waals surface area contributed by atoms with E-state index in [0.29, 0.717) is 38.2 Å². The zero-order valence-corrected chi connectivity index (χ0v) is 22.6. The van der Waals surface area contributed by atoms with E-state index in [1.54, 1.807) is 17.7 Å². The number of Topliss-reactive ketones (excluding diaryl/α,β-unsaturated/α-hetero) is 1. The van der Waals surface area contributed by atoms with E-state index < -0.39 is 29.1 Å². The van der Waals surface area contributed by atoms with Crippen LogP contribution in [-0.2, 0) is 23.9 Å². The number of nitrogens with one attached hydrogen (secondary N) is 1. The summed E-state index contributed by atoms with van der Waals surface area (Å²) in [5, 5.41) is 12.1. The molecule has 0 saturated heterocycles. The van der Waals surface area contributed by atoms with Crippen molar-refractivity contribution < 1.29 is 29.0 Å². The molecule has 0 bridgehead atoms. The Morgan fingerprint density at radius 1 is 0.938 bits per heavy atom. The van der Waals surface area contributed by atoms with Gasteiger partial charge in [-0.1, -0.05) is 35.4 Å². The molecule has 9 heteroatoms. The first-order chi connectivity index (χ1) is 14.7. The van der Waals surface area contributed by atoms with E-state index in [4.69, 9.17) is 9.47 Å². The van der Waals surface area contributed by atoms with E-state index in [1.807, 2.05) is 47.8 Å². The molecule has 188 valence electrons. The number of aliphatic carboxylic acids is 1. The molecule has 0 radical (unpaired) electrons. The minimum atomic E-state index is -0.918. The van der Waals surface area contributed by atoms with Gasteiger partial charge >= 0.3 is 5.97 Å². The fourth-order valence-electron chi connectivity index (χ4n) is 2.75. The number of carboxylic acid groups (broad SMARTS) is 1. The van der Waals surface area contributed by atoms with Crippen LogP contribution in [0.5, 0.6) is 0 Å². The molecule has 2 unspecified atom stereocenters. The summed E-state index contributed by atoms with van der Waals surface area (Å²) in [5.41, 5.74) is -0.900. The van der Waals surface area contributed by atoms with Crippen LogP contribution < -0.4 is 5.32 Å². The van der Waals surface area contributed by atoms with E-state index >= 15 is 0 Å². The first kappa shape index (κ1) is 31.2. The molecule has 0 rings (SSSR count). The van der Waals surface area contributed by atoms with Crippen LogP contribution >= 0.6 is 21.6 Å². The second-order valence-corrected chi connectivity index (χ2v) is 12.2. The van der Waals surface area contributed by atoms with Crippen molar-refractivity contribution in [1.29, 1.82) is 0 Å². The van der Waals surface area contributed by atoms with Crippen molar-refractivity contribution in [2.24, 2.45) is 11.8 Å². The number of hydrogen-bond donors (Lipinski definition) is 2. The molecule has 0 aliphatic carbocycles. The van der Waals surface area contributed by atoms with Crippen molar-refractivity contribution in [3.05, 3.63) is 0 Å². The van der Waals surface area contributed by atoms with E-state index in [2.05, 4.69) is 5.32 Å². The molecular formula is C23H43NO6S2. The van der Waals surface area contributed by atoms with Gasteiger partial charge in [0.25, 0.3) is 0 Å². The average molecular weight is 494 g/mol. The van der Waals surface area contributed by atoms with Crippen molar-refractivity contribution >= 4 is 39.2 Å². The molecule has 7 nitrogen and oxygen atoms in total. The first-order valence-corrected chi connectivity index (χ1v) is 13.9. The third-order valence-electron chi connectivity index (χ3n) is 5.34. The Kier molecular flexibility index (Phi) is 14.8. The summed E-state index contributed by atoms with van der Waals surface area (Å²) in [6.45, 7) is 14.1. The van der Waals surface area contributed by atoms with Gasteiger partial charge in [-0.05, 0) is 53.7 Å². The van der Waals surface area contributed by atoms with Crippen LogP contribution in [0.3, 0.4) is 0 Å². The third kappa shape index (κ3) is 14.4. The zero-order chi connectivity index (χ0) is 24.9. The maximum atomic E-state index is 12.4. The fraction of sp³-hybridized carbons (Fsp3) is 0.870. The average Bonchev–Trinajstić information content (AvgIpc) is 2.68. The number of hydrogen-bond acceptors (Lipinski definition) is 7. The molecule has 0 aromatic heterocycles. The van der Waals surface area contributed by atoms with E-state index in [0.717, 1.165) is 0 Å². The Hall–Kier alpha value is -0.770. The standard InChI is InChI=1S/C23H43NO6S2/c1-16(2)19(25)10-13-29-23(6,7)12-14-30-22(4,5)11-9-20(26)24-18(15-32-31-8)17(3)21(27)28/h16-18H,9-15H2,1-8H3,(H,24,26)(H,27,28). The van der Waals surface area contributed by atoms with Gasteiger partial charge in [-0.2, -0.15) is 0 Å². The van der Waals surface area contributed by atoms with E-state index in [9.17, 15) is 19.5 Å². The second-order valence-electron chi connectivity index (χ2n) is 9.59. The Morgan fingerprint density at radius 2 is 1.50 bits per heavy atom. The minimum Gasteiger partial charge on any atom is -0.481 e. The first-order valence-electron chi connectivity index (χ1n) is 11.2. The van der Waals surface area contributed by atoms with Gasteiger partial charge in [0, 0.05) is 24.5 Å². The third-order valence-corrected chi connectivity index (χ3v) is 7.19. The summed E-state index contributed by atoms with van der Waals surface area (Å²) >= 11 is 0. The maximum absolute atomic E-state index is 12.4. The number of rotatable bonds is 18. The number of ether oxygens (including phenoxy) is 2. The van der Waals surface area contributed by atoms with Gasteiger partial charge in [0.2, 0.25) is 5.91 Å². The molecule has 0 heterocycles. The Bertz CT molecular complexity index is 595. The van der Waals surface area contributed by atoms with Gasteiger partial charge in [-0.3, -0.25) is 14.4 Å². The summed E-state index contributed by atoms with van der Waals surface area (Å²) in [7, 11) is 3.08. The van der Waals surface area contributed by atoms with Crippen LogP contribution in [0.25, 0.3) is 0 Å². The highest BCUT2D eigenvalue weighted by atomic mass is 33.1. The van der Waals surface area contributed by atoms with Gasteiger partial charge in [0.15, 0.2) is 0 Å². The predicted octanol–water partition coefficient (Wildman–Crippen LogP) is 4.58. The molecule has 0 aromatic carbocycles. The summed E-state index contributed by atoms with van der Waals surface area (Å²) < 4.78 is 11.9. The summed E-state index contributed by atoms with van der Waals surface area (Å²) in [6.07, 6.45) is 3.79. The van der Waals surface area contributed by atoms with Crippen molar-refractivity contribution in [3.63, 3.8) is 0 Å². The number of amides is 1. The van der Waals surface area contributed by atoms with Gasteiger partial charge in [-0.15, -0.1) is 0 Å². The summed E-state index contributed by atoms with van der Waals surface area (Å²) in [5.74, 6) is -0.976. The fourth-order valence-corrected chi connectivity index (χ4v) is 4.25. The van der Waals surface area contributed by atoms with Gasteiger partial charge in [-0.25, -0.2) is 0 Å². The van der Waals surface area contributed by atoms with E-state index in [-0.39, 0.29) is 24.0 Å². The lowest BCUT2D eigenvalue weighted by Crippen LogP contribution is -2.44. The summed E-state index contributed by atoms with van der Waals surface area (Å²) in [6, 6.07) is -0.415. The van der Waals surface area contributed by atoms with Crippen LogP contribution in [0, 0.1) is 11.8 Å². The number of carboxylic acids is 1. The lowest BCUT2D eigenvalue weighted by Gasteiger charge is -2.30. The predicted molar refractivity (Wildman–Crippen MR) is 133 cm³/mol. The molecule has 0 saturated carbocycles. The minimum absolute atomic E-state index is 0.0231. The summed E-state index contributed by atoms with van der Waals surface area (Å²) in [4.78, 5) is 35.5. The smallest absolute Gasteiger partial charge is 0.308 e. The normalized spacial score (nSPS) is 14.3. The molecule has 0 fully saturated rings. The van der Waals surface area contributed by atoms with Crippen LogP contribution in [0.15, 0.2) is 0 Å². The molecular weight excluding hydrogens is 450 g/mol. The number of carbonyl (C=O) groups is 3. The lowest BCUT2D eigenvalue weighted by molar-refractivity contribution is -0.142. The molecule has 0 aliphatic heterocycles. The maximum Gasteiger partial charge on any atom is 0.308 e. The van der Waals surface area contributed by atoms with Gasteiger partial charge in [0.05, 0.1) is 36.4 Å². The SMILES string of the molecule is CSSCC(NC(=O)CCC(C)(C)OCCC(C)(C)OCCC(=O)C(C)C)C(C)C(=O)O. The van der Waals surface area contributed by atoms with Crippen LogP contribution in [0.1, 0.15) is 74.1 Å². The highest BCUT2D eigenvalue weighted by Gasteiger charge is 2.27. The van der Waals surface area contributed by atoms with Crippen molar-refractivity contribution in [3.8, 4) is 0 Å². The Balaban J connectivity index is 4.43. The second kappa shape index (κ2) is 15.2. The number of ketones is 1. The molecule has 2 atom stereocenters. The number of carbonyl (C=O) groups excluding carboxylic acids is 2. The highest BCUT2D eigenvalue weighted by Crippen LogP contribution is 2.23. The Labute approximate surface area is 201 Å². The topological polar surface area (TPSA) is 102 Å². The lowest BCUT2D eigenvalue weighted by atomic mass is 10.00. The molecule has 0 aromatic rings. The zero-order valence-electron chi connectivity index (χ0n) is 21.0. The van der Waals surface area contributed by atoms with Crippen molar-refractivity contribution in [1.82, 2.24) is 5.32 Å². The molecule has 0 spiro atoms. The van der Waals surface area contributed by atoms with Crippen molar-refractivity contribution in [2.75, 3.05) is 25.2 Å². The van der Waals surface area contributed by atoms with Gasteiger partial charge in [0.1, 0.15) is 5.78 Å². The molecule has 2 N–H and O–H groups in total. The van der Waals surface area contributed by atoms with Crippen LogP contribution in [-0.4, -0.2) is 65.2 Å². The quantitative estimate of drug-likeness (QED) is 0.268. The highest BCUT2D eigenvalue weighted by molar-refractivity contribution is 8.76. The largest absolute Gasteiger partial charge is 0.481 e. The van der Waals surface area contributed by atoms with E-state index in [1.165, 1.54) is 10.8 Å². The molecule has 32 heavy (non-hydrogen) atoms. The monoisotopic (exact) mass is 493 g/mol. The van der Waals surface area contributed by atoms with Gasteiger partial charge < -0.3 is 19.9 Å². The van der Waals surface area contributed by atoms with Crippen LogP contribution in [0.2, 0.25) is 0 Å². The molecule has 0 aliphatic rings. The molecule has 1 amide bonds. The van der Waals surface area contributed by atoms with Crippen molar-refractivity contribution in [2.45, 2.75) is 91.4 Å². The Morgan fingerprint density at radius 3 is 2.03 bits per heavy atom.